The van der Waals surface area contributed by atoms with Crippen LogP contribution in [0.3, 0.4) is 0 Å². The Bertz CT molecular complexity index is 1180. The number of rotatable bonds is 5. The van der Waals surface area contributed by atoms with Crippen molar-refractivity contribution in [1.29, 1.82) is 0 Å². The van der Waals surface area contributed by atoms with Gasteiger partial charge < -0.3 is 10.1 Å². The molecule has 7 nitrogen and oxygen atoms in total. The average Bonchev–Trinajstić information content (AvgIpc) is 3.06. The zero-order chi connectivity index (χ0) is 26.2. The van der Waals surface area contributed by atoms with Crippen molar-refractivity contribution >= 4 is 58.3 Å². The summed E-state index contributed by atoms with van der Waals surface area (Å²) < 4.78 is 44.0. The van der Waals surface area contributed by atoms with Gasteiger partial charge in [0.15, 0.2) is 6.61 Å². The van der Waals surface area contributed by atoms with E-state index < -0.39 is 58.5 Å². The number of fused-ring (bicyclic) bond motifs is 1. The van der Waals surface area contributed by atoms with Crippen molar-refractivity contribution in [3.8, 4) is 0 Å². The van der Waals surface area contributed by atoms with Gasteiger partial charge in [-0.3, -0.25) is 19.3 Å². The van der Waals surface area contributed by atoms with Gasteiger partial charge in [0.2, 0.25) is 11.8 Å². The summed E-state index contributed by atoms with van der Waals surface area (Å²) in [6, 6.07) is 9.81. The lowest BCUT2D eigenvalue weighted by atomic mass is 9.80. The summed E-state index contributed by atoms with van der Waals surface area (Å²) in [6.45, 7) is -0.821. The second-order valence-electron chi connectivity index (χ2n) is 8.44. The summed E-state index contributed by atoms with van der Waals surface area (Å²) in [4.78, 5) is 51.1. The number of amides is 3. The second-order valence-corrected chi connectivity index (χ2v) is 9.56. The van der Waals surface area contributed by atoms with Crippen LogP contribution >= 0.6 is 23.2 Å². The molecule has 1 aliphatic carbocycles. The molecule has 190 valence electrons. The van der Waals surface area contributed by atoms with E-state index in [1.807, 2.05) is 0 Å². The minimum Gasteiger partial charge on any atom is -0.452 e. The predicted molar refractivity (Wildman–Crippen MR) is 125 cm³/mol. The number of carbonyl (C=O) groups excluding carboxylic acids is 4. The number of hydrogen-bond acceptors (Lipinski definition) is 5. The second kappa shape index (κ2) is 10.1. The van der Waals surface area contributed by atoms with Crippen molar-refractivity contribution in [2.75, 3.05) is 16.8 Å². The maximum Gasteiger partial charge on any atom is 0.418 e. The number of alkyl halides is 5. The normalized spacial score (nSPS) is 23.9. The number of hydrogen-bond donors (Lipinski definition) is 1. The summed E-state index contributed by atoms with van der Waals surface area (Å²) in [7, 11) is 0. The minimum absolute atomic E-state index is 0.0143. The fourth-order valence-corrected chi connectivity index (χ4v) is 4.93. The van der Waals surface area contributed by atoms with Gasteiger partial charge in [-0.25, -0.2) is 4.79 Å². The van der Waals surface area contributed by atoms with E-state index in [1.54, 1.807) is 0 Å². The highest BCUT2D eigenvalue weighted by Gasteiger charge is 2.52. The molecule has 0 spiro atoms. The smallest absolute Gasteiger partial charge is 0.418 e. The first-order valence-corrected chi connectivity index (χ1v) is 11.7. The first-order valence-electron chi connectivity index (χ1n) is 10.9. The lowest BCUT2D eigenvalue weighted by Crippen LogP contribution is -2.34. The zero-order valence-corrected chi connectivity index (χ0v) is 19.9. The average molecular weight is 543 g/mol. The summed E-state index contributed by atoms with van der Waals surface area (Å²) in [6.07, 6.45) is -4.09. The highest BCUT2D eigenvalue weighted by Crippen LogP contribution is 2.43. The Labute approximate surface area is 213 Å². The highest BCUT2D eigenvalue weighted by molar-refractivity contribution is 6.31. The van der Waals surface area contributed by atoms with Gasteiger partial charge in [-0.1, -0.05) is 12.1 Å². The molecular weight excluding hydrogens is 524 g/mol. The van der Waals surface area contributed by atoms with Gasteiger partial charge in [0.1, 0.15) is 0 Å². The highest BCUT2D eigenvalue weighted by atomic mass is 35.5. The number of para-hydroxylation sites is 1. The Balaban J connectivity index is 1.37. The molecule has 1 aliphatic heterocycles. The van der Waals surface area contributed by atoms with E-state index >= 15 is 0 Å². The molecule has 1 N–H and O–H groups in total. The predicted octanol–water partition coefficient (Wildman–Crippen LogP) is 4.62. The Morgan fingerprint density at radius 2 is 1.50 bits per heavy atom. The van der Waals surface area contributed by atoms with Crippen molar-refractivity contribution in [2.45, 2.75) is 29.8 Å². The molecule has 2 aromatic carbocycles. The SMILES string of the molecule is O=C(COC(=O)c1ccc(N2C(=O)[C@H]3C[C@H](Cl)[C@@H](Cl)C[C@H]3C2=O)cc1)Nc1ccccc1C(F)(F)F. The van der Waals surface area contributed by atoms with Crippen molar-refractivity contribution in [1.82, 2.24) is 0 Å². The van der Waals surface area contributed by atoms with Crippen molar-refractivity contribution in [3.05, 3.63) is 59.7 Å². The first-order chi connectivity index (χ1) is 17.0. The summed E-state index contributed by atoms with van der Waals surface area (Å²) in [5, 5.41) is 1.24. The van der Waals surface area contributed by atoms with Crippen LogP contribution in [0.15, 0.2) is 48.5 Å². The summed E-state index contributed by atoms with van der Waals surface area (Å²) in [5.41, 5.74) is -1.22. The number of benzene rings is 2. The number of carbonyl (C=O) groups is 4. The maximum atomic E-state index is 13.1. The molecule has 0 bridgehead atoms. The fourth-order valence-electron chi connectivity index (χ4n) is 4.34. The van der Waals surface area contributed by atoms with Crippen LogP contribution in [0.5, 0.6) is 0 Å². The number of halogens is 5. The summed E-state index contributed by atoms with van der Waals surface area (Å²) >= 11 is 12.4. The van der Waals surface area contributed by atoms with Crippen LogP contribution in [-0.4, -0.2) is 41.1 Å². The standard InChI is InChI=1S/C24H19Cl2F3N2O5/c25-17-9-14-15(10-18(17)26)22(34)31(21(14)33)13-7-5-12(6-8-13)23(35)36-11-20(32)30-19-4-2-1-3-16(19)24(27,28)29/h1-8,14-15,17-18H,9-11H2,(H,30,32)/t14-,15+,17-,18-/m0/s1. The largest absolute Gasteiger partial charge is 0.452 e. The molecule has 0 aromatic heterocycles. The van der Waals surface area contributed by atoms with E-state index in [0.29, 0.717) is 12.8 Å². The monoisotopic (exact) mass is 542 g/mol. The Kier molecular flexibility index (Phi) is 7.28. The molecule has 1 saturated carbocycles. The number of ether oxygens (including phenoxy) is 1. The molecule has 2 fully saturated rings. The van der Waals surface area contributed by atoms with E-state index in [9.17, 15) is 32.3 Å². The molecule has 36 heavy (non-hydrogen) atoms. The number of anilines is 2. The van der Waals surface area contributed by atoms with Crippen LogP contribution in [0, 0.1) is 11.8 Å². The van der Waals surface area contributed by atoms with E-state index in [1.165, 1.54) is 36.4 Å². The molecule has 1 saturated heterocycles. The topological polar surface area (TPSA) is 92.8 Å². The Hall–Kier alpha value is -3.11. The molecule has 0 radical (unpaired) electrons. The van der Waals surface area contributed by atoms with Crippen molar-refractivity contribution in [2.24, 2.45) is 11.8 Å². The fraction of sp³-hybridized carbons (Fsp3) is 0.333. The molecule has 4 rings (SSSR count). The molecule has 12 heteroatoms. The Morgan fingerprint density at radius 3 is 2.06 bits per heavy atom. The molecule has 2 aromatic rings. The van der Waals surface area contributed by atoms with E-state index in [-0.39, 0.29) is 23.1 Å². The van der Waals surface area contributed by atoms with Gasteiger partial charge in [0.05, 0.1) is 45.1 Å². The van der Waals surface area contributed by atoms with Gasteiger partial charge in [-0.2, -0.15) is 13.2 Å². The first kappa shape index (κ1) is 26.0. The lowest BCUT2D eigenvalue weighted by Gasteiger charge is -2.28. The van der Waals surface area contributed by atoms with Crippen LogP contribution in [0.4, 0.5) is 24.5 Å². The minimum atomic E-state index is -4.67. The molecule has 0 unspecified atom stereocenters. The Morgan fingerprint density at radius 1 is 0.944 bits per heavy atom. The van der Waals surface area contributed by atoms with Crippen LogP contribution in [-0.2, 0) is 25.3 Å². The molecule has 4 atom stereocenters. The molecular formula is C24H19Cl2F3N2O5. The van der Waals surface area contributed by atoms with Crippen LogP contribution in [0.25, 0.3) is 0 Å². The van der Waals surface area contributed by atoms with E-state index in [2.05, 4.69) is 5.32 Å². The zero-order valence-electron chi connectivity index (χ0n) is 18.4. The lowest BCUT2D eigenvalue weighted by molar-refractivity contribution is -0.137. The number of nitrogens with zero attached hydrogens (tertiary/aromatic N) is 1. The van der Waals surface area contributed by atoms with Gasteiger partial charge in [0.25, 0.3) is 5.91 Å². The van der Waals surface area contributed by atoms with Crippen LogP contribution in [0.1, 0.15) is 28.8 Å². The van der Waals surface area contributed by atoms with Crippen LogP contribution in [0.2, 0.25) is 0 Å². The number of nitrogens with one attached hydrogen (secondary N) is 1. The van der Waals surface area contributed by atoms with Gasteiger partial charge in [-0.15, -0.1) is 23.2 Å². The van der Waals surface area contributed by atoms with Gasteiger partial charge in [0, 0.05) is 0 Å². The van der Waals surface area contributed by atoms with Gasteiger partial charge >= 0.3 is 12.1 Å². The maximum absolute atomic E-state index is 13.1. The van der Waals surface area contributed by atoms with Crippen LogP contribution < -0.4 is 10.2 Å². The third kappa shape index (κ3) is 5.19. The third-order valence-electron chi connectivity index (χ3n) is 6.11. The quantitative estimate of drug-likeness (QED) is 0.338. The number of imide groups is 1. The van der Waals surface area contributed by atoms with E-state index in [4.69, 9.17) is 27.9 Å². The molecule has 1 heterocycles. The molecule has 3 amide bonds. The van der Waals surface area contributed by atoms with Gasteiger partial charge in [-0.05, 0) is 49.2 Å². The molecule has 2 aliphatic rings. The number of esters is 1. The summed E-state index contributed by atoms with van der Waals surface area (Å²) in [5.74, 6) is -3.75. The van der Waals surface area contributed by atoms with E-state index in [0.717, 1.165) is 17.0 Å². The van der Waals surface area contributed by atoms with Crippen molar-refractivity contribution < 1.29 is 37.1 Å². The van der Waals surface area contributed by atoms with Crippen molar-refractivity contribution in [3.63, 3.8) is 0 Å². The third-order valence-corrected chi connectivity index (χ3v) is 7.21.